The summed E-state index contributed by atoms with van der Waals surface area (Å²) in [5.41, 5.74) is 2.28. The van der Waals surface area contributed by atoms with E-state index in [0.717, 1.165) is 18.5 Å². The third-order valence-electron chi connectivity index (χ3n) is 2.67. The Hall–Kier alpha value is -0.750. The van der Waals surface area contributed by atoms with E-state index in [0.29, 0.717) is 0 Å². The number of carbonyl (C=O) groups is 1. The number of hydrogen-bond donors (Lipinski definition) is 1. The van der Waals surface area contributed by atoms with Gasteiger partial charge in [-0.05, 0) is 48.9 Å². The first-order valence-electron chi connectivity index (χ1n) is 5.74. The van der Waals surface area contributed by atoms with Crippen molar-refractivity contribution in [3.05, 3.63) is 46.9 Å². The summed E-state index contributed by atoms with van der Waals surface area (Å²) in [6, 6.07) is 7.95. The highest BCUT2D eigenvalue weighted by atomic mass is 127. The van der Waals surface area contributed by atoms with Crippen LogP contribution in [0.4, 0.5) is 10.5 Å². The summed E-state index contributed by atoms with van der Waals surface area (Å²) in [6.45, 7) is 2.17. The zero-order chi connectivity index (χ0) is 13.0. The number of nitrogens with one attached hydrogen (secondary N) is 1. The minimum Gasteiger partial charge on any atom is -0.317 e. The van der Waals surface area contributed by atoms with Crippen LogP contribution in [-0.2, 0) is 0 Å². The highest BCUT2D eigenvalue weighted by Gasteiger charge is 2.05. The number of carbonyl (C=O) groups excluding carboxylic acids is 1. The minimum atomic E-state index is -0.0661. The van der Waals surface area contributed by atoms with E-state index in [4.69, 9.17) is 0 Å². The van der Waals surface area contributed by atoms with E-state index in [1.54, 1.807) is 34.4 Å². The van der Waals surface area contributed by atoms with Gasteiger partial charge in [0, 0.05) is 33.2 Å². The molecule has 0 unspecified atom stereocenters. The molecule has 1 aliphatic carbocycles. The number of hydrogen-bond acceptors (Lipinski definition) is 2. The van der Waals surface area contributed by atoms with Crippen molar-refractivity contribution in [1.82, 2.24) is 0 Å². The predicted molar refractivity (Wildman–Crippen MR) is 86.4 cm³/mol. The van der Waals surface area contributed by atoms with Gasteiger partial charge < -0.3 is 5.32 Å². The average molecular weight is 371 g/mol. The molecule has 0 saturated heterocycles. The van der Waals surface area contributed by atoms with Gasteiger partial charge in [-0.2, -0.15) is 0 Å². The molecule has 0 radical (unpaired) electrons. The topological polar surface area (TPSA) is 29.1 Å². The maximum atomic E-state index is 10.9. The van der Waals surface area contributed by atoms with E-state index in [2.05, 4.69) is 24.4 Å². The Labute approximate surface area is 125 Å². The highest BCUT2D eigenvalue weighted by Crippen LogP contribution is 2.33. The van der Waals surface area contributed by atoms with E-state index < -0.39 is 0 Å². The second-order valence-electron chi connectivity index (χ2n) is 4.17. The van der Waals surface area contributed by atoms with Crippen molar-refractivity contribution in [3.8, 4) is 0 Å². The van der Waals surface area contributed by atoms with Gasteiger partial charge in [-0.1, -0.05) is 29.5 Å². The number of rotatable bonds is 3. The molecule has 1 aromatic rings. The van der Waals surface area contributed by atoms with Crippen LogP contribution in [0.1, 0.15) is 19.8 Å². The highest BCUT2D eigenvalue weighted by molar-refractivity contribution is 14.1. The van der Waals surface area contributed by atoms with E-state index in [1.807, 2.05) is 24.3 Å². The summed E-state index contributed by atoms with van der Waals surface area (Å²) < 4.78 is -0.0661. The first kappa shape index (κ1) is 13.7. The third-order valence-corrected chi connectivity index (χ3v) is 4.05. The van der Waals surface area contributed by atoms with Crippen molar-refractivity contribution in [2.24, 2.45) is 0 Å². The first-order valence-corrected chi connectivity index (χ1v) is 7.64. The van der Waals surface area contributed by atoms with Gasteiger partial charge >= 0.3 is 0 Å². The van der Waals surface area contributed by atoms with Gasteiger partial charge in [-0.15, -0.1) is 0 Å². The monoisotopic (exact) mass is 371 g/mol. The molecule has 18 heavy (non-hydrogen) atoms. The lowest BCUT2D eigenvalue weighted by atomic mass is 10.1. The second-order valence-corrected chi connectivity index (χ2v) is 6.35. The molecule has 1 N–H and O–H groups in total. The molecule has 0 spiro atoms. The molecule has 0 aliphatic heterocycles. The summed E-state index contributed by atoms with van der Waals surface area (Å²) in [6.07, 6.45) is 6.67. The quantitative estimate of drug-likeness (QED) is 0.440. The Kier molecular flexibility index (Phi) is 4.88. The standard InChI is InChI=1S/C14H14INOS/c1-10-2-6-12(7-3-10)18-13-8-4-11(5-9-13)16-14(15)17/h2,4-6,8-9H,3,7H2,1H3,(H,16,17). The molecular weight excluding hydrogens is 357 g/mol. The van der Waals surface area contributed by atoms with Gasteiger partial charge in [0.1, 0.15) is 0 Å². The molecule has 4 heteroatoms. The molecule has 1 amide bonds. The summed E-state index contributed by atoms with van der Waals surface area (Å²) in [7, 11) is 0. The van der Waals surface area contributed by atoms with E-state index in [9.17, 15) is 4.79 Å². The van der Waals surface area contributed by atoms with Crippen molar-refractivity contribution >= 4 is 44.0 Å². The molecule has 0 saturated carbocycles. The molecule has 0 aromatic heterocycles. The molecule has 2 nitrogen and oxygen atoms in total. The van der Waals surface area contributed by atoms with E-state index in [1.165, 1.54) is 15.4 Å². The number of amides is 1. The number of anilines is 1. The fourth-order valence-electron chi connectivity index (χ4n) is 1.68. The number of benzene rings is 1. The van der Waals surface area contributed by atoms with Crippen LogP contribution in [0.3, 0.4) is 0 Å². The fourth-order valence-corrected chi connectivity index (χ4v) is 2.90. The molecule has 2 rings (SSSR count). The Bertz CT molecular complexity index is 505. The summed E-state index contributed by atoms with van der Waals surface area (Å²) in [5, 5.41) is 2.76. The Morgan fingerprint density at radius 3 is 2.50 bits per heavy atom. The van der Waals surface area contributed by atoms with Gasteiger partial charge in [0.15, 0.2) is 0 Å². The number of allylic oxidation sites excluding steroid dienone is 4. The zero-order valence-corrected chi connectivity index (χ0v) is 13.0. The van der Waals surface area contributed by atoms with Crippen LogP contribution in [0.15, 0.2) is 51.8 Å². The maximum absolute atomic E-state index is 10.9. The largest absolute Gasteiger partial charge is 0.317 e. The van der Waals surface area contributed by atoms with Crippen LogP contribution < -0.4 is 5.32 Å². The van der Waals surface area contributed by atoms with Crippen molar-refractivity contribution < 1.29 is 4.79 Å². The van der Waals surface area contributed by atoms with Crippen LogP contribution >= 0.6 is 34.4 Å². The SMILES string of the molecule is CC1=CC=C(Sc2ccc(NC(=O)I)cc2)CC1. The number of thioether (sulfide) groups is 1. The van der Waals surface area contributed by atoms with Crippen LogP contribution in [0.25, 0.3) is 0 Å². The van der Waals surface area contributed by atoms with Crippen molar-refractivity contribution in [2.45, 2.75) is 24.7 Å². The van der Waals surface area contributed by atoms with Crippen LogP contribution in [0.2, 0.25) is 0 Å². The van der Waals surface area contributed by atoms with Crippen molar-refractivity contribution in [1.29, 1.82) is 0 Å². The Morgan fingerprint density at radius 1 is 1.22 bits per heavy atom. The summed E-state index contributed by atoms with van der Waals surface area (Å²) in [4.78, 5) is 13.5. The van der Waals surface area contributed by atoms with Crippen LogP contribution in [0.5, 0.6) is 0 Å². The van der Waals surface area contributed by atoms with Crippen molar-refractivity contribution in [3.63, 3.8) is 0 Å². The van der Waals surface area contributed by atoms with Gasteiger partial charge in [-0.25, -0.2) is 0 Å². The lowest BCUT2D eigenvalue weighted by molar-refractivity contribution is 0.272. The van der Waals surface area contributed by atoms with Gasteiger partial charge in [-0.3, -0.25) is 4.79 Å². The predicted octanol–water partition coefficient (Wildman–Crippen LogP) is 5.37. The lowest BCUT2D eigenvalue weighted by Crippen LogP contribution is -1.99. The van der Waals surface area contributed by atoms with Gasteiger partial charge in [0.05, 0.1) is 0 Å². The van der Waals surface area contributed by atoms with Crippen LogP contribution in [-0.4, -0.2) is 3.91 Å². The van der Waals surface area contributed by atoms with Crippen molar-refractivity contribution in [2.75, 3.05) is 5.32 Å². The number of halogens is 1. The maximum Gasteiger partial charge on any atom is 0.284 e. The lowest BCUT2D eigenvalue weighted by Gasteiger charge is -2.11. The molecule has 0 fully saturated rings. The van der Waals surface area contributed by atoms with E-state index in [-0.39, 0.29) is 3.91 Å². The smallest absolute Gasteiger partial charge is 0.284 e. The summed E-state index contributed by atoms with van der Waals surface area (Å²) in [5.74, 6) is 0. The normalized spacial score (nSPS) is 14.8. The molecular formula is C14H14INOS. The first-order chi connectivity index (χ1) is 8.63. The molecule has 0 heterocycles. The minimum absolute atomic E-state index is 0.0661. The average Bonchev–Trinajstić information content (AvgIpc) is 2.34. The molecule has 0 atom stereocenters. The Morgan fingerprint density at radius 2 is 1.94 bits per heavy atom. The molecule has 1 aromatic carbocycles. The van der Waals surface area contributed by atoms with Gasteiger partial charge in [0.2, 0.25) is 0 Å². The fraction of sp³-hybridized carbons (Fsp3) is 0.214. The summed E-state index contributed by atoms with van der Waals surface area (Å²) >= 11 is 3.53. The van der Waals surface area contributed by atoms with Crippen LogP contribution in [0, 0.1) is 0 Å². The third kappa shape index (κ3) is 4.17. The second kappa shape index (κ2) is 6.43. The van der Waals surface area contributed by atoms with Gasteiger partial charge in [0.25, 0.3) is 3.91 Å². The zero-order valence-electron chi connectivity index (χ0n) is 10.1. The molecule has 94 valence electrons. The molecule has 0 bridgehead atoms. The van der Waals surface area contributed by atoms with E-state index >= 15 is 0 Å². The molecule has 1 aliphatic rings. The Balaban J connectivity index is 2.00.